The highest BCUT2D eigenvalue weighted by Gasteiger charge is 2.34. The lowest BCUT2D eigenvalue weighted by Gasteiger charge is -2.33. The van der Waals surface area contributed by atoms with E-state index in [0.717, 1.165) is 112 Å². The minimum Gasteiger partial charge on any atom is -0.478 e. The zero-order valence-electron chi connectivity index (χ0n) is 33.9. The lowest BCUT2D eigenvalue weighted by Crippen LogP contribution is -2.31. The highest BCUT2D eigenvalue weighted by atomic mass is 16.5. The summed E-state index contributed by atoms with van der Waals surface area (Å²) in [5, 5.41) is 14.8. The SMILES string of the molecule is Cn1c2c(c3cc(C(=O)N4CC[C@H](CC(=O)NC5CC5)C4)ccc31)CC(C1CCOCC1)CC2.Cn1c2c(c3cc(C(=O)O)ccc31)CC(C1CCOCC1)CC2. The Kier molecular flexibility index (Phi) is 10.9. The molecule has 5 heterocycles. The topological polar surface area (TPSA) is 115 Å². The van der Waals surface area contributed by atoms with Gasteiger partial charge in [0.05, 0.1) is 5.56 Å². The van der Waals surface area contributed by atoms with Crippen molar-refractivity contribution in [1.82, 2.24) is 19.4 Å². The summed E-state index contributed by atoms with van der Waals surface area (Å²) >= 11 is 0. The Morgan fingerprint density at radius 1 is 0.684 bits per heavy atom. The molecule has 304 valence electrons. The highest BCUT2D eigenvalue weighted by molar-refractivity contribution is 5.99. The molecule has 0 spiro atoms. The standard InChI is InChI=1S/C28H37N3O3.C19H23NO3/c1-30-25-6-2-20(19-9-12-34-13-10-19)15-23(25)24-16-21(3-7-26(24)30)28(33)31-11-8-18(17-31)14-27(32)29-22-4-5-22;1-20-17-4-2-13(12-6-8-23-9-7-12)10-15(17)16-11-14(19(21)22)3-5-18(16)20/h3,7,16,18-20,22H,2,4-6,8-15,17H2,1H3,(H,29,32);3,5,11-13H,2,4,6-10H2,1H3,(H,21,22)/t18-,20?;/m1./s1. The lowest BCUT2D eigenvalue weighted by atomic mass is 9.75. The number of carbonyl (C=O) groups is 3. The molecule has 2 N–H and O–H groups in total. The molecule has 2 aromatic carbocycles. The second-order valence-electron chi connectivity index (χ2n) is 18.1. The van der Waals surface area contributed by atoms with Crippen molar-refractivity contribution in [2.45, 2.75) is 95.9 Å². The number of aromatic nitrogens is 2. The van der Waals surface area contributed by atoms with Gasteiger partial charge in [0.25, 0.3) is 5.91 Å². The lowest BCUT2D eigenvalue weighted by molar-refractivity contribution is -0.122. The number of carboxylic acid groups (broad SMARTS) is 1. The number of ether oxygens (including phenoxy) is 2. The summed E-state index contributed by atoms with van der Waals surface area (Å²) in [6.45, 7) is 5.03. The van der Waals surface area contributed by atoms with Gasteiger partial charge in [0.2, 0.25) is 5.91 Å². The number of nitrogens with zero attached hydrogens (tertiary/aromatic N) is 3. The molecule has 10 heteroatoms. The van der Waals surface area contributed by atoms with Gasteiger partial charge in [-0.15, -0.1) is 0 Å². The van der Waals surface area contributed by atoms with Gasteiger partial charge in [0, 0.05) is 105 Å². The van der Waals surface area contributed by atoms with Crippen molar-refractivity contribution >= 4 is 39.6 Å². The molecule has 4 fully saturated rings. The molecule has 0 bridgehead atoms. The van der Waals surface area contributed by atoms with Gasteiger partial charge < -0.3 is 33.9 Å². The van der Waals surface area contributed by atoms with Crippen LogP contribution < -0.4 is 5.32 Å². The van der Waals surface area contributed by atoms with Crippen LogP contribution in [0.25, 0.3) is 21.8 Å². The average molecular weight is 777 g/mol. The first-order valence-electron chi connectivity index (χ1n) is 21.9. The second-order valence-corrected chi connectivity index (χ2v) is 18.1. The van der Waals surface area contributed by atoms with Crippen LogP contribution in [-0.4, -0.2) is 82.5 Å². The molecule has 2 aromatic heterocycles. The van der Waals surface area contributed by atoms with E-state index in [1.54, 1.807) is 6.07 Å². The van der Waals surface area contributed by atoms with Crippen LogP contribution in [0.5, 0.6) is 0 Å². The molecular formula is C47H60N4O6. The van der Waals surface area contributed by atoms with Crippen LogP contribution in [0.4, 0.5) is 0 Å². The van der Waals surface area contributed by atoms with Crippen molar-refractivity contribution in [3.63, 3.8) is 0 Å². The van der Waals surface area contributed by atoms with E-state index in [1.807, 2.05) is 23.1 Å². The molecule has 3 aliphatic carbocycles. The Labute approximate surface area is 336 Å². The first-order chi connectivity index (χ1) is 27.7. The number of carboxylic acids is 1. The van der Waals surface area contributed by atoms with Gasteiger partial charge in [0.15, 0.2) is 0 Å². The van der Waals surface area contributed by atoms with E-state index in [0.29, 0.717) is 30.5 Å². The van der Waals surface area contributed by atoms with Crippen LogP contribution >= 0.6 is 0 Å². The van der Waals surface area contributed by atoms with E-state index in [9.17, 15) is 19.5 Å². The third-order valence-electron chi connectivity index (χ3n) is 14.7. The zero-order chi connectivity index (χ0) is 39.2. The number of benzene rings is 2. The normalized spacial score (nSPS) is 24.2. The molecule has 3 saturated heterocycles. The minimum atomic E-state index is -0.846. The van der Waals surface area contributed by atoms with Crippen molar-refractivity contribution in [2.75, 3.05) is 39.5 Å². The first kappa shape index (κ1) is 38.4. The molecule has 3 atom stereocenters. The van der Waals surface area contributed by atoms with Crippen molar-refractivity contribution < 1.29 is 29.0 Å². The summed E-state index contributed by atoms with van der Waals surface area (Å²) in [5.74, 6) is 2.65. The van der Waals surface area contributed by atoms with Crippen LogP contribution in [-0.2, 0) is 54.0 Å². The fourth-order valence-corrected chi connectivity index (χ4v) is 11.2. The van der Waals surface area contributed by atoms with Gasteiger partial charge in [-0.25, -0.2) is 4.79 Å². The Morgan fingerprint density at radius 3 is 1.74 bits per heavy atom. The maximum absolute atomic E-state index is 13.4. The zero-order valence-corrected chi connectivity index (χ0v) is 33.9. The molecule has 2 amide bonds. The number of hydrogen-bond acceptors (Lipinski definition) is 5. The quantitative estimate of drug-likeness (QED) is 0.205. The maximum atomic E-state index is 13.4. The molecule has 10 rings (SSSR count). The number of nitrogens with one attached hydrogen (secondary N) is 1. The molecular weight excluding hydrogens is 717 g/mol. The molecule has 10 nitrogen and oxygen atoms in total. The second kappa shape index (κ2) is 16.2. The van der Waals surface area contributed by atoms with Crippen LogP contribution in [0.1, 0.15) is 107 Å². The van der Waals surface area contributed by atoms with Gasteiger partial charge in [-0.3, -0.25) is 9.59 Å². The molecule has 4 aromatic rings. The monoisotopic (exact) mass is 776 g/mol. The fourth-order valence-electron chi connectivity index (χ4n) is 11.2. The van der Waals surface area contributed by atoms with Crippen LogP contribution in [0.15, 0.2) is 36.4 Å². The summed E-state index contributed by atoms with van der Waals surface area (Å²) in [7, 11) is 4.28. The van der Waals surface area contributed by atoms with E-state index in [-0.39, 0.29) is 17.7 Å². The van der Waals surface area contributed by atoms with Crippen molar-refractivity contribution in [1.29, 1.82) is 0 Å². The third-order valence-corrected chi connectivity index (χ3v) is 14.7. The number of fused-ring (bicyclic) bond motifs is 6. The number of rotatable bonds is 7. The van der Waals surface area contributed by atoms with Crippen molar-refractivity contribution in [3.05, 3.63) is 70.0 Å². The summed E-state index contributed by atoms with van der Waals surface area (Å²) in [4.78, 5) is 38.9. The molecule has 0 radical (unpaired) electrons. The Bertz CT molecular complexity index is 2150. The van der Waals surface area contributed by atoms with Crippen LogP contribution in [0, 0.1) is 29.6 Å². The predicted octanol–water partition coefficient (Wildman–Crippen LogP) is 7.25. The first-order valence-corrected chi connectivity index (χ1v) is 21.9. The summed E-state index contributed by atoms with van der Waals surface area (Å²) in [6.07, 6.45) is 15.3. The third kappa shape index (κ3) is 7.88. The van der Waals surface area contributed by atoms with E-state index in [1.165, 1.54) is 71.9 Å². The number of aromatic carboxylic acids is 1. The predicted molar refractivity (Wildman–Crippen MR) is 221 cm³/mol. The number of likely N-dealkylation sites (tertiary alicyclic amines) is 1. The number of carbonyl (C=O) groups excluding carboxylic acids is 2. The summed E-state index contributed by atoms with van der Waals surface area (Å²) < 4.78 is 15.7. The van der Waals surface area contributed by atoms with Crippen LogP contribution in [0.2, 0.25) is 0 Å². The van der Waals surface area contributed by atoms with Gasteiger partial charge in [-0.2, -0.15) is 0 Å². The molecule has 2 unspecified atom stereocenters. The van der Waals surface area contributed by atoms with Gasteiger partial charge in [0.1, 0.15) is 0 Å². The number of aryl methyl sites for hydroxylation is 2. The molecule has 1 saturated carbocycles. The molecule has 3 aliphatic heterocycles. The van der Waals surface area contributed by atoms with E-state index in [2.05, 4.69) is 40.7 Å². The summed E-state index contributed by atoms with van der Waals surface area (Å²) in [6, 6.07) is 12.2. The minimum absolute atomic E-state index is 0.112. The van der Waals surface area contributed by atoms with Gasteiger partial charge >= 0.3 is 5.97 Å². The smallest absolute Gasteiger partial charge is 0.335 e. The van der Waals surface area contributed by atoms with Crippen molar-refractivity contribution in [3.8, 4) is 0 Å². The molecule has 57 heavy (non-hydrogen) atoms. The van der Waals surface area contributed by atoms with Crippen LogP contribution in [0.3, 0.4) is 0 Å². The Morgan fingerprint density at radius 2 is 1.21 bits per heavy atom. The van der Waals surface area contributed by atoms with E-state index in [4.69, 9.17) is 9.47 Å². The van der Waals surface area contributed by atoms with Crippen molar-refractivity contribution in [2.24, 2.45) is 43.7 Å². The Balaban J connectivity index is 0.000000160. The Hall–Kier alpha value is -4.15. The largest absolute Gasteiger partial charge is 0.478 e. The maximum Gasteiger partial charge on any atom is 0.335 e. The number of hydrogen-bond donors (Lipinski definition) is 2. The van der Waals surface area contributed by atoms with Gasteiger partial charge in [-0.05, 0) is 161 Å². The highest BCUT2D eigenvalue weighted by Crippen LogP contribution is 2.41. The van der Waals surface area contributed by atoms with E-state index < -0.39 is 5.97 Å². The van der Waals surface area contributed by atoms with Gasteiger partial charge in [-0.1, -0.05) is 0 Å². The fraction of sp³-hybridized carbons (Fsp3) is 0.596. The van der Waals surface area contributed by atoms with E-state index >= 15 is 0 Å². The summed E-state index contributed by atoms with van der Waals surface area (Å²) in [5.41, 5.74) is 9.27. The molecule has 6 aliphatic rings. The number of amides is 2. The average Bonchev–Trinajstić information content (AvgIpc) is 3.76.